The zero-order valence-electron chi connectivity index (χ0n) is 14.1. The van der Waals surface area contributed by atoms with Crippen molar-refractivity contribution in [2.24, 2.45) is 0 Å². The highest BCUT2D eigenvalue weighted by Crippen LogP contribution is 2.35. The Morgan fingerprint density at radius 1 is 1.25 bits per heavy atom. The summed E-state index contributed by atoms with van der Waals surface area (Å²) in [6.45, 7) is 2.58. The summed E-state index contributed by atoms with van der Waals surface area (Å²) in [6.07, 6.45) is 1.54. The van der Waals surface area contributed by atoms with E-state index in [1.165, 1.54) is 4.90 Å². The molecule has 1 aromatic rings. The summed E-state index contributed by atoms with van der Waals surface area (Å²) in [7, 11) is 0. The first-order valence-corrected chi connectivity index (χ1v) is 8.40. The van der Waals surface area contributed by atoms with Crippen molar-refractivity contribution in [3.05, 3.63) is 35.9 Å². The molecule has 1 saturated heterocycles. The van der Waals surface area contributed by atoms with E-state index in [1.54, 1.807) is 6.92 Å². The number of aliphatic hydroxyl groups excluding tert-OH is 1. The maximum Gasteiger partial charge on any atom is 0.411 e. The monoisotopic (exact) mass is 335 g/mol. The minimum absolute atomic E-state index is 0.0337. The second kappa shape index (κ2) is 8.68. The van der Waals surface area contributed by atoms with Crippen LogP contribution in [0.5, 0.6) is 0 Å². The standard InChI is InChI=1S/C18H25NO5/c1-2-23-16(21)18(11-7-13-20)10-6-12-19(18)17(22)24-14-15-8-4-3-5-9-15/h3-5,8-9,20H,2,6-7,10-14H2,1H3/t18-/m0/s1. The largest absolute Gasteiger partial charge is 0.464 e. The molecule has 1 aliphatic rings. The lowest BCUT2D eigenvalue weighted by molar-refractivity contribution is -0.156. The van der Waals surface area contributed by atoms with Crippen molar-refractivity contribution in [3.8, 4) is 0 Å². The summed E-state index contributed by atoms with van der Waals surface area (Å²) >= 11 is 0. The maximum absolute atomic E-state index is 12.5. The Kier molecular flexibility index (Phi) is 6.61. The van der Waals surface area contributed by atoms with Crippen molar-refractivity contribution in [3.63, 3.8) is 0 Å². The van der Waals surface area contributed by atoms with E-state index in [0.717, 1.165) is 5.56 Å². The van der Waals surface area contributed by atoms with Crippen LogP contribution in [0.15, 0.2) is 30.3 Å². The van der Waals surface area contributed by atoms with Crippen LogP contribution in [0.2, 0.25) is 0 Å². The van der Waals surface area contributed by atoms with Crippen LogP contribution in [0.3, 0.4) is 0 Å². The minimum atomic E-state index is -1.02. The quantitative estimate of drug-likeness (QED) is 0.775. The average molecular weight is 335 g/mol. The van der Waals surface area contributed by atoms with E-state index in [-0.39, 0.29) is 19.8 Å². The Morgan fingerprint density at radius 2 is 2.00 bits per heavy atom. The second-order valence-electron chi connectivity index (χ2n) is 5.87. The summed E-state index contributed by atoms with van der Waals surface area (Å²) in [6, 6.07) is 9.40. The minimum Gasteiger partial charge on any atom is -0.464 e. The van der Waals surface area contributed by atoms with Crippen molar-refractivity contribution in [1.29, 1.82) is 0 Å². The third kappa shape index (κ3) is 4.06. The SMILES string of the molecule is CCOC(=O)[C@@]1(CCCO)CCCN1C(=O)OCc1ccccc1. The molecule has 6 heteroatoms. The number of hydrogen-bond acceptors (Lipinski definition) is 5. The van der Waals surface area contributed by atoms with Gasteiger partial charge in [0.25, 0.3) is 0 Å². The van der Waals surface area contributed by atoms with Crippen molar-refractivity contribution < 1.29 is 24.2 Å². The van der Waals surface area contributed by atoms with Gasteiger partial charge in [-0.3, -0.25) is 4.90 Å². The number of benzene rings is 1. The fraction of sp³-hybridized carbons (Fsp3) is 0.556. The lowest BCUT2D eigenvalue weighted by Crippen LogP contribution is -2.54. The molecule has 0 radical (unpaired) electrons. The highest BCUT2D eigenvalue weighted by atomic mass is 16.6. The Balaban J connectivity index is 2.09. The molecule has 1 aromatic carbocycles. The van der Waals surface area contributed by atoms with Gasteiger partial charge in [0.1, 0.15) is 12.1 Å². The number of rotatable bonds is 7. The van der Waals surface area contributed by atoms with Crippen molar-refractivity contribution in [2.45, 2.75) is 44.8 Å². The Labute approximate surface area is 142 Å². The first-order chi connectivity index (χ1) is 11.6. The molecule has 0 aromatic heterocycles. The van der Waals surface area contributed by atoms with Crippen LogP contribution in [0, 0.1) is 0 Å². The molecule has 0 spiro atoms. The molecular weight excluding hydrogens is 310 g/mol. The Morgan fingerprint density at radius 3 is 2.67 bits per heavy atom. The molecule has 1 atom stereocenters. The Hall–Kier alpha value is -2.08. The van der Waals surface area contributed by atoms with Gasteiger partial charge in [0.2, 0.25) is 0 Å². The van der Waals surface area contributed by atoms with E-state index < -0.39 is 17.6 Å². The first kappa shape index (κ1) is 18.3. The summed E-state index contributed by atoms with van der Waals surface area (Å²) in [4.78, 5) is 26.5. The topological polar surface area (TPSA) is 76.1 Å². The van der Waals surface area contributed by atoms with Crippen molar-refractivity contribution >= 4 is 12.1 Å². The number of amides is 1. The van der Waals surface area contributed by atoms with Crippen LogP contribution in [-0.4, -0.2) is 47.4 Å². The predicted molar refractivity (Wildman–Crippen MR) is 88.3 cm³/mol. The van der Waals surface area contributed by atoms with Crippen LogP contribution in [0.1, 0.15) is 38.2 Å². The van der Waals surface area contributed by atoms with E-state index in [9.17, 15) is 9.59 Å². The smallest absolute Gasteiger partial charge is 0.411 e. The van der Waals surface area contributed by atoms with Gasteiger partial charge >= 0.3 is 12.1 Å². The number of aliphatic hydroxyl groups is 1. The van der Waals surface area contributed by atoms with Crippen LogP contribution in [-0.2, 0) is 20.9 Å². The van der Waals surface area contributed by atoms with Crippen LogP contribution >= 0.6 is 0 Å². The summed E-state index contributed by atoms with van der Waals surface area (Å²) in [5.41, 5.74) is -0.130. The molecule has 1 fully saturated rings. The van der Waals surface area contributed by atoms with E-state index in [4.69, 9.17) is 14.6 Å². The predicted octanol–water partition coefficient (Wildman–Crippen LogP) is 2.49. The van der Waals surface area contributed by atoms with Gasteiger partial charge in [0.15, 0.2) is 0 Å². The fourth-order valence-electron chi connectivity index (χ4n) is 3.15. The molecule has 0 aliphatic carbocycles. The van der Waals surface area contributed by atoms with Gasteiger partial charge in [-0.15, -0.1) is 0 Å². The van der Waals surface area contributed by atoms with Gasteiger partial charge in [-0.25, -0.2) is 9.59 Å². The molecule has 1 heterocycles. The van der Waals surface area contributed by atoms with Gasteiger partial charge in [0.05, 0.1) is 6.61 Å². The lowest BCUT2D eigenvalue weighted by atomic mass is 9.90. The van der Waals surface area contributed by atoms with E-state index in [2.05, 4.69) is 0 Å². The second-order valence-corrected chi connectivity index (χ2v) is 5.87. The molecule has 0 bridgehead atoms. The molecule has 0 saturated carbocycles. The first-order valence-electron chi connectivity index (χ1n) is 8.40. The van der Waals surface area contributed by atoms with Gasteiger partial charge in [-0.1, -0.05) is 30.3 Å². The zero-order valence-corrected chi connectivity index (χ0v) is 14.1. The molecule has 0 unspecified atom stereocenters. The molecule has 1 aliphatic heterocycles. The number of carbonyl (C=O) groups is 2. The van der Waals surface area contributed by atoms with Gasteiger partial charge in [-0.05, 0) is 38.2 Å². The molecule has 2 rings (SSSR count). The highest BCUT2D eigenvalue weighted by Gasteiger charge is 2.51. The number of nitrogens with zero attached hydrogens (tertiary/aromatic N) is 1. The third-order valence-corrected chi connectivity index (χ3v) is 4.32. The molecule has 1 N–H and O–H groups in total. The van der Waals surface area contributed by atoms with E-state index in [0.29, 0.717) is 32.2 Å². The van der Waals surface area contributed by atoms with Crippen molar-refractivity contribution in [2.75, 3.05) is 19.8 Å². The van der Waals surface area contributed by atoms with Crippen molar-refractivity contribution in [1.82, 2.24) is 4.90 Å². The molecular formula is C18H25NO5. The molecule has 1 amide bonds. The van der Waals surface area contributed by atoms with Crippen LogP contribution in [0.25, 0.3) is 0 Å². The number of esters is 1. The van der Waals surface area contributed by atoms with Crippen LogP contribution in [0.4, 0.5) is 4.79 Å². The van der Waals surface area contributed by atoms with Crippen LogP contribution < -0.4 is 0 Å². The average Bonchev–Trinajstić information content (AvgIpc) is 3.04. The number of hydrogen-bond donors (Lipinski definition) is 1. The maximum atomic E-state index is 12.5. The fourth-order valence-corrected chi connectivity index (χ4v) is 3.15. The van der Waals surface area contributed by atoms with E-state index >= 15 is 0 Å². The Bertz CT molecular complexity index is 548. The number of likely N-dealkylation sites (tertiary alicyclic amines) is 1. The molecule has 132 valence electrons. The van der Waals surface area contributed by atoms with Gasteiger partial charge < -0.3 is 14.6 Å². The highest BCUT2D eigenvalue weighted by molar-refractivity contribution is 5.86. The molecule has 6 nitrogen and oxygen atoms in total. The van der Waals surface area contributed by atoms with Gasteiger partial charge in [-0.2, -0.15) is 0 Å². The van der Waals surface area contributed by atoms with Gasteiger partial charge in [0, 0.05) is 13.2 Å². The third-order valence-electron chi connectivity index (χ3n) is 4.32. The number of carbonyl (C=O) groups excluding carboxylic acids is 2. The summed E-state index contributed by atoms with van der Waals surface area (Å²) in [5, 5.41) is 9.14. The lowest BCUT2D eigenvalue weighted by Gasteiger charge is -2.35. The summed E-state index contributed by atoms with van der Waals surface area (Å²) < 4.78 is 10.6. The van der Waals surface area contributed by atoms with E-state index in [1.807, 2.05) is 30.3 Å². The normalized spacial score (nSPS) is 20.0. The molecule has 24 heavy (non-hydrogen) atoms. The number of ether oxygens (including phenoxy) is 2. The zero-order chi connectivity index (χ0) is 17.4. The summed E-state index contributed by atoms with van der Waals surface area (Å²) in [5.74, 6) is -0.410.